The number of amides is 1. The summed E-state index contributed by atoms with van der Waals surface area (Å²) >= 11 is 0. The van der Waals surface area contributed by atoms with Crippen molar-refractivity contribution in [1.82, 2.24) is 5.32 Å². The predicted octanol–water partition coefficient (Wildman–Crippen LogP) is 3.65. The van der Waals surface area contributed by atoms with Crippen LogP contribution in [-0.4, -0.2) is 11.9 Å². The Bertz CT molecular complexity index is 572. The first kappa shape index (κ1) is 14.4. The summed E-state index contributed by atoms with van der Waals surface area (Å²) in [5.41, 5.74) is 1.93. The number of rotatable bonds is 5. The van der Waals surface area contributed by atoms with E-state index in [1.165, 1.54) is 5.56 Å². The fraction of sp³-hybridized carbons (Fsp3) is 0.353. The van der Waals surface area contributed by atoms with Crippen molar-refractivity contribution in [2.75, 3.05) is 0 Å². The molecule has 3 heteroatoms. The summed E-state index contributed by atoms with van der Waals surface area (Å²) in [6, 6.07) is 12.2. The van der Waals surface area contributed by atoms with Crippen molar-refractivity contribution >= 4 is 5.91 Å². The van der Waals surface area contributed by atoms with Gasteiger partial charge in [0.15, 0.2) is 0 Å². The third-order valence-corrected chi connectivity index (χ3v) is 3.37. The first-order valence-electron chi connectivity index (χ1n) is 6.98. The molecule has 1 N–H and O–H groups in total. The molecule has 1 aromatic carbocycles. The third kappa shape index (κ3) is 3.73. The Labute approximate surface area is 120 Å². The van der Waals surface area contributed by atoms with Crippen LogP contribution >= 0.6 is 0 Å². The van der Waals surface area contributed by atoms with E-state index in [0.29, 0.717) is 11.3 Å². The maximum atomic E-state index is 12.1. The number of furan rings is 1. The monoisotopic (exact) mass is 271 g/mol. The Hall–Kier alpha value is -2.03. The van der Waals surface area contributed by atoms with E-state index in [0.717, 1.165) is 18.6 Å². The molecular formula is C17H21NO2. The van der Waals surface area contributed by atoms with Crippen LogP contribution in [0.2, 0.25) is 0 Å². The summed E-state index contributed by atoms with van der Waals surface area (Å²) in [5.74, 6) is 1.39. The fourth-order valence-corrected chi connectivity index (χ4v) is 2.26. The number of hydrogen-bond acceptors (Lipinski definition) is 2. The molecule has 0 aliphatic rings. The summed E-state index contributed by atoms with van der Waals surface area (Å²) in [6.07, 6.45) is 1.89. The Morgan fingerprint density at radius 1 is 1.25 bits per heavy atom. The first-order valence-corrected chi connectivity index (χ1v) is 6.98. The topological polar surface area (TPSA) is 42.2 Å². The molecule has 0 aliphatic heterocycles. The number of carbonyl (C=O) groups excluding carboxylic acids is 1. The van der Waals surface area contributed by atoms with Crippen LogP contribution in [0.3, 0.4) is 0 Å². The van der Waals surface area contributed by atoms with E-state index in [4.69, 9.17) is 4.42 Å². The molecule has 3 nitrogen and oxygen atoms in total. The van der Waals surface area contributed by atoms with Crippen LogP contribution < -0.4 is 5.32 Å². The van der Waals surface area contributed by atoms with Crippen LogP contribution in [0.5, 0.6) is 0 Å². The van der Waals surface area contributed by atoms with E-state index in [9.17, 15) is 4.79 Å². The lowest BCUT2D eigenvalue weighted by Gasteiger charge is -2.13. The van der Waals surface area contributed by atoms with Crippen LogP contribution in [0.1, 0.15) is 40.8 Å². The van der Waals surface area contributed by atoms with Gasteiger partial charge in [0.25, 0.3) is 5.91 Å². The lowest BCUT2D eigenvalue weighted by molar-refractivity contribution is 0.0937. The molecule has 0 aliphatic carbocycles. The van der Waals surface area contributed by atoms with Gasteiger partial charge in [0.1, 0.15) is 11.5 Å². The second-order valence-electron chi connectivity index (χ2n) is 5.23. The van der Waals surface area contributed by atoms with Gasteiger partial charge >= 0.3 is 0 Å². The van der Waals surface area contributed by atoms with Gasteiger partial charge in [0, 0.05) is 6.04 Å². The molecule has 106 valence electrons. The maximum Gasteiger partial charge on any atom is 0.255 e. The SMILES string of the molecule is Cc1cc(C(=O)NC(C)CCc2ccccc2)c(C)o1. The van der Waals surface area contributed by atoms with Gasteiger partial charge in [0.05, 0.1) is 5.56 Å². The van der Waals surface area contributed by atoms with Crippen LogP contribution in [0.4, 0.5) is 0 Å². The molecule has 1 unspecified atom stereocenters. The standard InChI is InChI=1S/C17H21NO2/c1-12(9-10-15-7-5-4-6-8-15)18-17(19)16-11-13(2)20-14(16)3/h4-8,11-12H,9-10H2,1-3H3,(H,18,19). The molecule has 1 aromatic heterocycles. The average molecular weight is 271 g/mol. The molecule has 2 rings (SSSR count). The Morgan fingerprint density at radius 3 is 2.55 bits per heavy atom. The smallest absolute Gasteiger partial charge is 0.255 e. The van der Waals surface area contributed by atoms with Gasteiger partial charge in [-0.2, -0.15) is 0 Å². The summed E-state index contributed by atoms with van der Waals surface area (Å²) in [5, 5.41) is 3.02. The highest BCUT2D eigenvalue weighted by atomic mass is 16.3. The first-order chi connectivity index (χ1) is 9.56. The van der Waals surface area contributed by atoms with Gasteiger partial charge in [-0.15, -0.1) is 0 Å². The number of carbonyl (C=O) groups is 1. The van der Waals surface area contributed by atoms with Crippen molar-refractivity contribution in [1.29, 1.82) is 0 Å². The lowest BCUT2D eigenvalue weighted by atomic mass is 10.1. The highest BCUT2D eigenvalue weighted by molar-refractivity contribution is 5.95. The van der Waals surface area contributed by atoms with E-state index >= 15 is 0 Å². The Kier molecular flexibility index (Phi) is 4.61. The van der Waals surface area contributed by atoms with Gasteiger partial charge in [-0.25, -0.2) is 0 Å². The molecular weight excluding hydrogens is 250 g/mol. The van der Waals surface area contributed by atoms with Crippen LogP contribution in [0.15, 0.2) is 40.8 Å². The minimum atomic E-state index is -0.0556. The molecule has 0 spiro atoms. The molecule has 2 aromatic rings. The highest BCUT2D eigenvalue weighted by Crippen LogP contribution is 2.14. The van der Waals surface area contributed by atoms with Crippen molar-refractivity contribution in [3.8, 4) is 0 Å². The van der Waals surface area contributed by atoms with E-state index in [2.05, 4.69) is 17.4 Å². The quantitative estimate of drug-likeness (QED) is 0.902. The van der Waals surface area contributed by atoms with E-state index < -0.39 is 0 Å². The van der Waals surface area contributed by atoms with E-state index in [-0.39, 0.29) is 11.9 Å². The fourth-order valence-electron chi connectivity index (χ4n) is 2.26. The molecule has 0 radical (unpaired) electrons. The van der Waals surface area contributed by atoms with Gasteiger partial charge in [-0.05, 0) is 45.2 Å². The molecule has 0 fully saturated rings. The second kappa shape index (κ2) is 6.42. The zero-order valence-corrected chi connectivity index (χ0v) is 12.3. The minimum Gasteiger partial charge on any atom is -0.466 e. The summed E-state index contributed by atoms with van der Waals surface area (Å²) in [7, 11) is 0. The summed E-state index contributed by atoms with van der Waals surface area (Å²) < 4.78 is 5.39. The molecule has 1 atom stereocenters. The van der Waals surface area contributed by atoms with Crippen molar-refractivity contribution in [2.45, 2.75) is 39.7 Å². The number of nitrogens with one attached hydrogen (secondary N) is 1. The zero-order valence-electron chi connectivity index (χ0n) is 12.3. The van der Waals surface area contributed by atoms with E-state index in [1.54, 1.807) is 6.07 Å². The van der Waals surface area contributed by atoms with Gasteiger partial charge < -0.3 is 9.73 Å². The molecule has 1 amide bonds. The minimum absolute atomic E-state index is 0.0556. The van der Waals surface area contributed by atoms with Crippen LogP contribution in [0.25, 0.3) is 0 Å². The molecule has 0 bridgehead atoms. The van der Waals surface area contributed by atoms with E-state index in [1.807, 2.05) is 39.0 Å². The number of aryl methyl sites for hydroxylation is 3. The normalized spacial score (nSPS) is 12.2. The van der Waals surface area contributed by atoms with Crippen molar-refractivity contribution in [3.63, 3.8) is 0 Å². The largest absolute Gasteiger partial charge is 0.466 e. The van der Waals surface area contributed by atoms with Crippen molar-refractivity contribution < 1.29 is 9.21 Å². The van der Waals surface area contributed by atoms with Crippen molar-refractivity contribution in [3.05, 3.63) is 59.0 Å². The zero-order chi connectivity index (χ0) is 14.5. The maximum absolute atomic E-state index is 12.1. The van der Waals surface area contributed by atoms with Gasteiger partial charge in [-0.1, -0.05) is 30.3 Å². The van der Waals surface area contributed by atoms with Crippen LogP contribution in [0, 0.1) is 13.8 Å². The Balaban J connectivity index is 1.87. The number of hydrogen-bond donors (Lipinski definition) is 1. The summed E-state index contributed by atoms with van der Waals surface area (Å²) in [6.45, 7) is 5.70. The second-order valence-corrected chi connectivity index (χ2v) is 5.23. The molecule has 20 heavy (non-hydrogen) atoms. The van der Waals surface area contributed by atoms with Crippen molar-refractivity contribution in [2.24, 2.45) is 0 Å². The highest BCUT2D eigenvalue weighted by Gasteiger charge is 2.15. The third-order valence-electron chi connectivity index (χ3n) is 3.37. The van der Waals surface area contributed by atoms with Gasteiger partial charge in [0.2, 0.25) is 0 Å². The average Bonchev–Trinajstić information content (AvgIpc) is 2.77. The molecule has 0 saturated heterocycles. The van der Waals surface area contributed by atoms with Gasteiger partial charge in [-0.3, -0.25) is 4.79 Å². The molecule has 0 saturated carbocycles. The number of benzene rings is 1. The lowest BCUT2D eigenvalue weighted by Crippen LogP contribution is -2.33. The summed E-state index contributed by atoms with van der Waals surface area (Å²) in [4.78, 5) is 12.1. The predicted molar refractivity (Wildman–Crippen MR) is 79.9 cm³/mol. The molecule has 1 heterocycles. The Morgan fingerprint density at radius 2 is 1.95 bits per heavy atom. The van der Waals surface area contributed by atoms with Crippen LogP contribution in [-0.2, 0) is 6.42 Å².